The summed E-state index contributed by atoms with van der Waals surface area (Å²) >= 11 is 14.8. The molecule has 3 rings (SSSR count). The first-order chi connectivity index (χ1) is 13.6. The molecule has 1 heterocycles. The van der Waals surface area contributed by atoms with Gasteiger partial charge in [0.2, 0.25) is 15.9 Å². The summed E-state index contributed by atoms with van der Waals surface area (Å²) in [6.45, 7) is 1.76. The number of thioether (sulfide) groups is 1. The number of amides is 1. The van der Waals surface area contributed by atoms with E-state index in [-0.39, 0.29) is 15.8 Å². The summed E-state index contributed by atoms with van der Waals surface area (Å²) in [5, 5.41) is 2.99. The van der Waals surface area contributed by atoms with Crippen molar-refractivity contribution in [3.05, 3.63) is 46.4 Å². The van der Waals surface area contributed by atoms with E-state index in [1.165, 1.54) is 49.3 Å². The van der Waals surface area contributed by atoms with Crippen LogP contribution in [0.3, 0.4) is 0 Å². The molecule has 154 valence electrons. The number of anilines is 1. The number of rotatable bonds is 6. The lowest BCUT2D eigenvalue weighted by molar-refractivity contribution is -0.115. The number of carbonyl (C=O) groups excluding carboxylic acids is 1. The van der Waals surface area contributed by atoms with Crippen molar-refractivity contribution in [2.24, 2.45) is 0 Å². The van der Waals surface area contributed by atoms with Gasteiger partial charge in [0.25, 0.3) is 0 Å². The van der Waals surface area contributed by atoms with Crippen molar-refractivity contribution in [1.82, 2.24) is 9.29 Å². The summed E-state index contributed by atoms with van der Waals surface area (Å²) in [7, 11) is -0.892. The van der Waals surface area contributed by atoms with Crippen LogP contribution in [0.2, 0.25) is 10.0 Å². The SMILES string of the molecule is CC(Sc1nc2cc(Cl)ccc2s1)C(=O)Nc1ccc(Cl)c(S(=O)(=O)N(C)C)c1. The van der Waals surface area contributed by atoms with Crippen LogP contribution < -0.4 is 5.32 Å². The van der Waals surface area contributed by atoms with Crippen molar-refractivity contribution in [1.29, 1.82) is 0 Å². The Labute approximate surface area is 187 Å². The van der Waals surface area contributed by atoms with E-state index >= 15 is 0 Å². The lowest BCUT2D eigenvalue weighted by atomic mass is 10.3. The zero-order valence-electron chi connectivity index (χ0n) is 15.6. The largest absolute Gasteiger partial charge is 0.325 e. The molecule has 2 aromatic carbocycles. The molecule has 0 aliphatic carbocycles. The highest BCUT2D eigenvalue weighted by atomic mass is 35.5. The fourth-order valence-corrected chi connectivity index (χ4v) is 6.11. The fourth-order valence-electron chi connectivity index (χ4n) is 2.35. The van der Waals surface area contributed by atoms with Gasteiger partial charge in [-0.2, -0.15) is 0 Å². The van der Waals surface area contributed by atoms with Crippen LogP contribution in [-0.4, -0.2) is 43.0 Å². The quantitative estimate of drug-likeness (QED) is 0.494. The highest BCUT2D eigenvalue weighted by Crippen LogP contribution is 2.34. The Morgan fingerprint density at radius 3 is 2.62 bits per heavy atom. The minimum atomic E-state index is -3.73. The first-order valence-electron chi connectivity index (χ1n) is 8.33. The Bertz CT molecular complexity index is 1180. The minimum Gasteiger partial charge on any atom is -0.325 e. The number of hydrogen-bond donors (Lipinski definition) is 1. The van der Waals surface area contributed by atoms with Gasteiger partial charge in [-0.25, -0.2) is 17.7 Å². The molecule has 0 bridgehead atoms. The second kappa shape index (κ2) is 8.79. The Balaban J connectivity index is 1.75. The standard InChI is InChI=1S/C18H17Cl2N3O3S3/c1-10(27-18-22-14-8-11(19)4-7-15(14)28-18)17(24)21-12-5-6-13(20)16(9-12)29(25,26)23(2)3/h4-10H,1-3H3,(H,21,24). The van der Waals surface area contributed by atoms with Crippen LogP contribution in [0.5, 0.6) is 0 Å². The summed E-state index contributed by atoms with van der Waals surface area (Å²) in [5.41, 5.74) is 1.14. The van der Waals surface area contributed by atoms with Crippen molar-refractivity contribution >= 4 is 78.1 Å². The Hall–Kier alpha value is -1.36. The molecule has 3 aromatic rings. The number of nitrogens with one attached hydrogen (secondary N) is 1. The molecular formula is C18H17Cl2N3O3S3. The zero-order valence-corrected chi connectivity index (χ0v) is 19.6. The first kappa shape index (κ1) is 22.3. The second-order valence-corrected chi connectivity index (χ2v) is 11.9. The van der Waals surface area contributed by atoms with E-state index in [4.69, 9.17) is 23.2 Å². The van der Waals surface area contributed by atoms with E-state index < -0.39 is 15.3 Å². The number of thiazole rings is 1. The van der Waals surface area contributed by atoms with E-state index in [1.807, 2.05) is 6.07 Å². The summed E-state index contributed by atoms with van der Waals surface area (Å²) < 4.78 is 27.6. The topological polar surface area (TPSA) is 79.4 Å². The monoisotopic (exact) mass is 489 g/mol. The Morgan fingerprint density at radius 2 is 1.93 bits per heavy atom. The number of carbonyl (C=O) groups is 1. The summed E-state index contributed by atoms with van der Waals surface area (Å²) in [6, 6.07) is 9.83. The van der Waals surface area contributed by atoms with Crippen LogP contribution in [0.15, 0.2) is 45.6 Å². The van der Waals surface area contributed by atoms with Crippen LogP contribution in [-0.2, 0) is 14.8 Å². The summed E-state index contributed by atoms with van der Waals surface area (Å²) in [5.74, 6) is -0.275. The highest BCUT2D eigenvalue weighted by Gasteiger charge is 2.23. The molecule has 0 saturated carbocycles. The molecular weight excluding hydrogens is 473 g/mol. The van der Waals surface area contributed by atoms with Gasteiger partial charge in [0.15, 0.2) is 4.34 Å². The van der Waals surface area contributed by atoms with Crippen molar-refractivity contribution < 1.29 is 13.2 Å². The first-order valence-corrected chi connectivity index (χ1v) is 12.2. The molecule has 0 saturated heterocycles. The zero-order chi connectivity index (χ0) is 21.3. The Kier molecular flexibility index (Phi) is 6.77. The van der Waals surface area contributed by atoms with Gasteiger partial charge in [0, 0.05) is 24.8 Å². The van der Waals surface area contributed by atoms with Gasteiger partial charge in [-0.05, 0) is 43.3 Å². The maximum absolute atomic E-state index is 12.6. The molecule has 1 aromatic heterocycles. The van der Waals surface area contributed by atoms with Crippen LogP contribution >= 0.6 is 46.3 Å². The van der Waals surface area contributed by atoms with Crippen LogP contribution in [0.4, 0.5) is 5.69 Å². The number of aromatic nitrogens is 1. The number of halogens is 2. The maximum atomic E-state index is 12.6. The minimum absolute atomic E-state index is 0.0645. The number of sulfonamides is 1. The summed E-state index contributed by atoms with van der Waals surface area (Å²) in [4.78, 5) is 17.0. The third kappa shape index (κ3) is 5.04. The van der Waals surface area contributed by atoms with Gasteiger partial charge in [-0.1, -0.05) is 35.0 Å². The smallest absolute Gasteiger partial charge is 0.244 e. The Morgan fingerprint density at radius 1 is 1.21 bits per heavy atom. The van der Waals surface area contributed by atoms with E-state index in [9.17, 15) is 13.2 Å². The van der Waals surface area contributed by atoms with Gasteiger partial charge in [-0.3, -0.25) is 4.79 Å². The molecule has 29 heavy (non-hydrogen) atoms. The molecule has 1 atom stereocenters. The van der Waals surface area contributed by atoms with Gasteiger partial charge in [0.1, 0.15) is 4.90 Å². The third-order valence-corrected chi connectivity index (χ3v) is 8.70. The van der Waals surface area contributed by atoms with Gasteiger partial charge >= 0.3 is 0 Å². The molecule has 0 fully saturated rings. The number of benzene rings is 2. The fraction of sp³-hybridized carbons (Fsp3) is 0.222. The molecule has 0 aliphatic heterocycles. The van der Waals surface area contributed by atoms with E-state index in [1.54, 1.807) is 25.1 Å². The second-order valence-electron chi connectivity index (χ2n) is 6.27. The van der Waals surface area contributed by atoms with E-state index in [0.29, 0.717) is 10.7 Å². The lowest BCUT2D eigenvalue weighted by Crippen LogP contribution is -2.24. The third-order valence-electron chi connectivity index (χ3n) is 3.93. The molecule has 11 heteroatoms. The molecule has 0 radical (unpaired) electrons. The lowest BCUT2D eigenvalue weighted by Gasteiger charge is -2.15. The van der Waals surface area contributed by atoms with Crippen molar-refractivity contribution in [2.75, 3.05) is 19.4 Å². The van der Waals surface area contributed by atoms with Gasteiger partial charge in [0.05, 0.1) is 20.5 Å². The highest BCUT2D eigenvalue weighted by molar-refractivity contribution is 8.02. The van der Waals surface area contributed by atoms with E-state index in [0.717, 1.165) is 18.9 Å². The average molecular weight is 490 g/mol. The van der Waals surface area contributed by atoms with Gasteiger partial charge in [-0.15, -0.1) is 11.3 Å². The summed E-state index contributed by atoms with van der Waals surface area (Å²) in [6.07, 6.45) is 0. The van der Waals surface area contributed by atoms with Crippen LogP contribution in [0.25, 0.3) is 10.2 Å². The average Bonchev–Trinajstić information content (AvgIpc) is 3.04. The number of nitrogens with zero attached hydrogens (tertiary/aromatic N) is 2. The molecule has 6 nitrogen and oxygen atoms in total. The predicted molar refractivity (Wildman–Crippen MR) is 121 cm³/mol. The predicted octanol–water partition coefficient (Wildman–Crippen LogP) is 4.97. The van der Waals surface area contributed by atoms with E-state index in [2.05, 4.69) is 10.3 Å². The van der Waals surface area contributed by atoms with Crippen molar-refractivity contribution in [3.63, 3.8) is 0 Å². The number of fused-ring (bicyclic) bond motifs is 1. The van der Waals surface area contributed by atoms with Crippen LogP contribution in [0.1, 0.15) is 6.92 Å². The normalized spacial score (nSPS) is 13.0. The molecule has 0 spiro atoms. The molecule has 1 amide bonds. The molecule has 1 unspecified atom stereocenters. The van der Waals surface area contributed by atoms with Gasteiger partial charge < -0.3 is 5.32 Å². The van der Waals surface area contributed by atoms with Crippen molar-refractivity contribution in [3.8, 4) is 0 Å². The van der Waals surface area contributed by atoms with Crippen LogP contribution in [0, 0.1) is 0 Å². The maximum Gasteiger partial charge on any atom is 0.244 e. The van der Waals surface area contributed by atoms with Crippen molar-refractivity contribution in [2.45, 2.75) is 21.4 Å². The molecule has 0 aliphatic rings. The number of hydrogen-bond acceptors (Lipinski definition) is 6. The molecule has 1 N–H and O–H groups in total.